The van der Waals surface area contributed by atoms with Gasteiger partial charge in [0.25, 0.3) is 5.69 Å². The monoisotopic (exact) mass is 349 g/mol. The minimum Gasteiger partial charge on any atom is -0.506 e. The third-order valence-corrected chi connectivity index (χ3v) is 3.33. The quantitative estimate of drug-likeness (QED) is 0.340. The average Bonchev–Trinajstić information content (AvgIpc) is 2.51. The molecule has 0 fully saturated rings. The van der Waals surface area contributed by atoms with Gasteiger partial charge in [-0.2, -0.15) is 0 Å². The molecule has 2 amide bonds. The zero-order valence-electron chi connectivity index (χ0n) is 12.4. The molecule has 0 aromatic heterocycles. The number of aromatic hydroxyl groups is 1. The van der Waals surface area contributed by atoms with E-state index in [9.17, 15) is 24.8 Å². The Bertz CT molecular complexity index is 838. The molecule has 0 aliphatic carbocycles. The van der Waals surface area contributed by atoms with Crippen molar-refractivity contribution < 1.29 is 19.6 Å². The summed E-state index contributed by atoms with van der Waals surface area (Å²) in [7, 11) is 0. The first-order valence-electron chi connectivity index (χ1n) is 6.64. The number of hydrogen-bond acceptors (Lipinski definition) is 5. The third-order valence-electron chi connectivity index (χ3n) is 3.01. The number of rotatable bonds is 3. The lowest BCUT2D eigenvalue weighted by molar-refractivity contribution is -0.384. The molecule has 3 N–H and O–H groups in total. The largest absolute Gasteiger partial charge is 0.506 e. The van der Waals surface area contributed by atoms with E-state index in [1.807, 2.05) is 0 Å². The number of nitro groups is 1. The number of aryl methyl sites for hydroxylation is 1. The van der Waals surface area contributed by atoms with Gasteiger partial charge in [-0.25, -0.2) is 0 Å². The molecule has 24 heavy (non-hydrogen) atoms. The molecule has 0 aliphatic heterocycles. The number of halogens is 1. The number of amides is 2. The van der Waals surface area contributed by atoms with E-state index < -0.39 is 22.4 Å². The number of phenolic OH excluding ortho intramolecular Hbond substituents is 1. The van der Waals surface area contributed by atoms with Gasteiger partial charge in [-0.3, -0.25) is 19.7 Å². The van der Waals surface area contributed by atoms with Crippen LogP contribution in [0.15, 0.2) is 36.4 Å². The highest BCUT2D eigenvalue weighted by Gasteiger charge is 2.18. The summed E-state index contributed by atoms with van der Waals surface area (Å²) < 4.78 is 0. The molecule has 0 aliphatic rings. The van der Waals surface area contributed by atoms with Crippen molar-refractivity contribution in [2.45, 2.75) is 6.92 Å². The Hall–Kier alpha value is -3.13. The van der Waals surface area contributed by atoms with E-state index in [1.54, 1.807) is 13.0 Å². The maximum atomic E-state index is 11.9. The summed E-state index contributed by atoms with van der Waals surface area (Å²) in [5.74, 6) is -2.27. The van der Waals surface area contributed by atoms with E-state index in [2.05, 4.69) is 10.6 Å². The van der Waals surface area contributed by atoms with Gasteiger partial charge in [-0.1, -0.05) is 17.7 Å². The Morgan fingerprint density at radius 3 is 2.42 bits per heavy atom. The summed E-state index contributed by atoms with van der Waals surface area (Å²) in [5, 5.41) is 24.9. The topological polar surface area (TPSA) is 122 Å². The predicted octanol–water partition coefficient (Wildman–Crippen LogP) is 2.84. The van der Waals surface area contributed by atoms with Gasteiger partial charge in [-0.15, -0.1) is 0 Å². The molecule has 0 bridgehead atoms. The molecule has 9 heteroatoms. The van der Waals surface area contributed by atoms with Gasteiger partial charge >= 0.3 is 11.8 Å². The summed E-state index contributed by atoms with van der Waals surface area (Å²) in [5.41, 5.74) is 0.497. The molecule has 0 radical (unpaired) electrons. The van der Waals surface area contributed by atoms with E-state index in [0.717, 1.165) is 11.6 Å². The molecule has 0 unspecified atom stereocenters. The highest BCUT2D eigenvalue weighted by molar-refractivity contribution is 6.43. The first-order chi connectivity index (χ1) is 11.3. The fourth-order valence-corrected chi connectivity index (χ4v) is 2.03. The van der Waals surface area contributed by atoms with Crippen LogP contribution in [-0.4, -0.2) is 21.8 Å². The predicted molar refractivity (Wildman–Crippen MR) is 88.2 cm³/mol. The van der Waals surface area contributed by atoms with Crippen molar-refractivity contribution in [2.24, 2.45) is 0 Å². The van der Waals surface area contributed by atoms with E-state index in [0.29, 0.717) is 0 Å². The van der Waals surface area contributed by atoms with Crippen molar-refractivity contribution in [3.63, 3.8) is 0 Å². The molecular weight excluding hydrogens is 338 g/mol. The Kier molecular flexibility index (Phi) is 5.00. The van der Waals surface area contributed by atoms with Gasteiger partial charge in [0.2, 0.25) is 0 Å². The number of nitrogens with one attached hydrogen (secondary N) is 2. The van der Waals surface area contributed by atoms with Gasteiger partial charge < -0.3 is 15.7 Å². The molecule has 0 saturated carbocycles. The van der Waals surface area contributed by atoms with Crippen LogP contribution >= 0.6 is 11.6 Å². The molecule has 8 nitrogen and oxygen atoms in total. The number of anilines is 2. The second kappa shape index (κ2) is 6.97. The van der Waals surface area contributed by atoms with Crippen molar-refractivity contribution in [1.29, 1.82) is 0 Å². The fraction of sp³-hybridized carbons (Fsp3) is 0.0667. The van der Waals surface area contributed by atoms with Crippen LogP contribution in [0.5, 0.6) is 5.75 Å². The summed E-state index contributed by atoms with van der Waals surface area (Å²) in [4.78, 5) is 33.8. The van der Waals surface area contributed by atoms with E-state index in [4.69, 9.17) is 11.6 Å². The molecule has 2 rings (SSSR count). The summed E-state index contributed by atoms with van der Waals surface area (Å²) in [6, 6.07) is 8.12. The van der Waals surface area contributed by atoms with Crippen molar-refractivity contribution in [1.82, 2.24) is 0 Å². The zero-order valence-corrected chi connectivity index (χ0v) is 13.1. The number of benzene rings is 2. The summed E-state index contributed by atoms with van der Waals surface area (Å²) in [6.07, 6.45) is 0. The Balaban J connectivity index is 2.10. The molecule has 0 atom stereocenters. The molecule has 0 heterocycles. The van der Waals surface area contributed by atoms with Crippen LogP contribution in [0.2, 0.25) is 5.02 Å². The minimum absolute atomic E-state index is 0.0411. The SMILES string of the molecule is Cc1ccc(NC(=O)C(=O)Nc2ccc(Cl)c([N+](=O)[O-])c2)c(O)c1. The normalized spacial score (nSPS) is 10.1. The number of nitro benzene ring substituents is 1. The van der Waals surface area contributed by atoms with Crippen molar-refractivity contribution in [2.75, 3.05) is 10.6 Å². The van der Waals surface area contributed by atoms with Gasteiger partial charge in [0.1, 0.15) is 10.8 Å². The van der Waals surface area contributed by atoms with Crippen molar-refractivity contribution >= 4 is 40.5 Å². The fourth-order valence-electron chi connectivity index (χ4n) is 1.84. The van der Waals surface area contributed by atoms with Crippen LogP contribution in [0.3, 0.4) is 0 Å². The highest BCUT2D eigenvalue weighted by Crippen LogP contribution is 2.27. The Morgan fingerprint density at radius 2 is 1.79 bits per heavy atom. The van der Waals surface area contributed by atoms with Crippen molar-refractivity contribution in [3.05, 3.63) is 57.1 Å². The van der Waals surface area contributed by atoms with Gasteiger partial charge in [0, 0.05) is 11.8 Å². The number of carbonyl (C=O) groups is 2. The second-order valence-electron chi connectivity index (χ2n) is 4.85. The lowest BCUT2D eigenvalue weighted by atomic mass is 10.2. The minimum atomic E-state index is -1.05. The van der Waals surface area contributed by atoms with Crippen LogP contribution in [-0.2, 0) is 9.59 Å². The van der Waals surface area contributed by atoms with E-state index in [1.165, 1.54) is 24.3 Å². The number of carbonyl (C=O) groups excluding carboxylic acids is 2. The second-order valence-corrected chi connectivity index (χ2v) is 5.26. The standard InChI is InChI=1S/C15H12ClN3O5/c1-8-2-5-11(13(20)6-8)18-15(22)14(21)17-9-3-4-10(16)12(7-9)19(23)24/h2-7,20H,1H3,(H,17,21)(H,18,22). The average molecular weight is 350 g/mol. The van der Waals surface area contributed by atoms with Crippen LogP contribution < -0.4 is 10.6 Å². The zero-order chi connectivity index (χ0) is 17.9. The number of nitrogens with zero attached hydrogens (tertiary/aromatic N) is 1. The molecular formula is C15H12ClN3O5. The van der Waals surface area contributed by atoms with Gasteiger partial charge in [-0.05, 0) is 36.8 Å². The molecule has 2 aromatic carbocycles. The molecule has 124 valence electrons. The molecule has 2 aromatic rings. The molecule has 0 spiro atoms. The van der Waals surface area contributed by atoms with E-state index in [-0.39, 0.29) is 22.1 Å². The van der Waals surface area contributed by atoms with Crippen molar-refractivity contribution in [3.8, 4) is 5.75 Å². The first-order valence-corrected chi connectivity index (χ1v) is 7.01. The van der Waals surface area contributed by atoms with Crippen LogP contribution in [0.1, 0.15) is 5.56 Å². The van der Waals surface area contributed by atoms with Crippen LogP contribution in [0.25, 0.3) is 0 Å². The lowest BCUT2D eigenvalue weighted by Gasteiger charge is -2.08. The molecule has 0 saturated heterocycles. The van der Waals surface area contributed by atoms with E-state index >= 15 is 0 Å². The third kappa shape index (κ3) is 3.99. The summed E-state index contributed by atoms with van der Waals surface area (Å²) in [6.45, 7) is 1.76. The maximum absolute atomic E-state index is 11.9. The van der Waals surface area contributed by atoms with Crippen LogP contribution in [0.4, 0.5) is 17.1 Å². The smallest absolute Gasteiger partial charge is 0.314 e. The first kappa shape index (κ1) is 17.2. The highest BCUT2D eigenvalue weighted by atomic mass is 35.5. The Labute approximate surface area is 141 Å². The lowest BCUT2D eigenvalue weighted by Crippen LogP contribution is -2.29. The maximum Gasteiger partial charge on any atom is 0.314 e. The van der Waals surface area contributed by atoms with Gasteiger partial charge in [0.05, 0.1) is 10.6 Å². The number of hydrogen-bond donors (Lipinski definition) is 3. The Morgan fingerprint density at radius 1 is 1.12 bits per heavy atom. The summed E-state index contributed by atoms with van der Waals surface area (Å²) >= 11 is 5.67. The van der Waals surface area contributed by atoms with Gasteiger partial charge in [0.15, 0.2) is 0 Å². The number of phenols is 1. The van der Waals surface area contributed by atoms with Crippen LogP contribution in [0, 0.1) is 17.0 Å².